The predicted molar refractivity (Wildman–Crippen MR) is 84.2 cm³/mol. The van der Waals surface area contributed by atoms with Crippen LogP contribution in [0.3, 0.4) is 0 Å². The predicted octanol–water partition coefficient (Wildman–Crippen LogP) is 2.02. The molecule has 0 saturated carbocycles. The topological polar surface area (TPSA) is 59.6 Å². The normalized spacial score (nSPS) is 25.4. The number of hydrogen-bond donors (Lipinski definition) is 2. The highest BCUT2D eigenvalue weighted by atomic mass is 16.6. The molecule has 3 atom stereocenters. The monoisotopic (exact) mass is 304 g/mol. The standard InChI is InChI=1S/C17H24N2O3/c1-11-9-14(5-6-18-11)17(20)19-12(2)13-3-4-15-16(10-13)22-8-7-21-15/h3-4,10-12,14,18H,5-9H2,1-2H3,(H,19,20)/t11-,12?,14-/m0/s1. The average Bonchev–Trinajstić information content (AvgIpc) is 2.54. The van der Waals surface area contributed by atoms with Crippen LogP contribution in [0.25, 0.3) is 0 Å². The van der Waals surface area contributed by atoms with Crippen molar-refractivity contribution in [1.82, 2.24) is 10.6 Å². The number of piperidine rings is 1. The smallest absolute Gasteiger partial charge is 0.223 e. The number of carbonyl (C=O) groups is 1. The van der Waals surface area contributed by atoms with Crippen molar-refractivity contribution in [3.63, 3.8) is 0 Å². The number of benzene rings is 1. The zero-order chi connectivity index (χ0) is 15.5. The summed E-state index contributed by atoms with van der Waals surface area (Å²) >= 11 is 0. The van der Waals surface area contributed by atoms with Crippen LogP contribution < -0.4 is 20.1 Å². The van der Waals surface area contributed by atoms with E-state index in [-0.39, 0.29) is 17.9 Å². The lowest BCUT2D eigenvalue weighted by Crippen LogP contribution is -2.42. The van der Waals surface area contributed by atoms with Gasteiger partial charge >= 0.3 is 0 Å². The quantitative estimate of drug-likeness (QED) is 0.897. The van der Waals surface area contributed by atoms with Gasteiger partial charge in [0.25, 0.3) is 0 Å². The van der Waals surface area contributed by atoms with E-state index in [4.69, 9.17) is 9.47 Å². The summed E-state index contributed by atoms with van der Waals surface area (Å²) in [6, 6.07) is 6.25. The highest BCUT2D eigenvalue weighted by molar-refractivity contribution is 5.79. The molecule has 2 N–H and O–H groups in total. The van der Waals surface area contributed by atoms with Gasteiger partial charge in [-0.1, -0.05) is 6.07 Å². The first kappa shape index (κ1) is 15.2. The molecule has 22 heavy (non-hydrogen) atoms. The van der Waals surface area contributed by atoms with Gasteiger partial charge in [0.2, 0.25) is 5.91 Å². The van der Waals surface area contributed by atoms with E-state index in [2.05, 4.69) is 17.6 Å². The van der Waals surface area contributed by atoms with Crippen molar-refractivity contribution in [2.45, 2.75) is 38.8 Å². The minimum absolute atomic E-state index is 0.0338. The molecule has 1 saturated heterocycles. The van der Waals surface area contributed by atoms with Crippen molar-refractivity contribution in [1.29, 1.82) is 0 Å². The molecule has 1 aromatic carbocycles. The molecule has 1 amide bonds. The Labute approximate surface area is 131 Å². The zero-order valence-electron chi connectivity index (χ0n) is 13.2. The lowest BCUT2D eigenvalue weighted by atomic mass is 9.92. The third-order valence-corrected chi connectivity index (χ3v) is 4.42. The molecule has 3 rings (SSSR count). The summed E-state index contributed by atoms with van der Waals surface area (Å²) in [6.07, 6.45) is 1.81. The van der Waals surface area contributed by atoms with Crippen LogP contribution in [0.5, 0.6) is 11.5 Å². The third kappa shape index (κ3) is 3.35. The SMILES string of the molecule is CC(NC(=O)[C@H]1CCN[C@@H](C)C1)c1ccc2c(c1)OCCO2. The van der Waals surface area contributed by atoms with Gasteiger partial charge in [-0.05, 0) is 50.9 Å². The van der Waals surface area contributed by atoms with Gasteiger partial charge in [0.1, 0.15) is 13.2 Å². The van der Waals surface area contributed by atoms with Crippen LogP contribution >= 0.6 is 0 Å². The van der Waals surface area contributed by atoms with E-state index in [1.54, 1.807) is 0 Å². The van der Waals surface area contributed by atoms with Crippen molar-refractivity contribution in [3.05, 3.63) is 23.8 Å². The van der Waals surface area contributed by atoms with Crippen LogP contribution in [0.2, 0.25) is 0 Å². The second-order valence-electron chi connectivity index (χ2n) is 6.21. The number of amides is 1. The van der Waals surface area contributed by atoms with Gasteiger partial charge in [-0.3, -0.25) is 4.79 Å². The molecule has 1 fully saturated rings. The molecule has 2 aliphatic rings. The lowest BCUT2D eigenvalue weighted by molar-refractivity contribution is -0.126. The molecule has 2 aliphatic heterocycles. The van der Waals surface area contributed by atoms with Gasteiger partial charge in [-0.25, -0.2) is 0 Å². The van der Waals surface area contributed by atoms with E-state index in [1.807, 2.05) is 25.1 Å². The van der Waals surface area contributed by atoms with Gasteiger partial charge in [-0.2, -0.15) is 0 Å². The van der Waals surface area contributed by atoms with E-state index >= 15 is 0 Å². The minimum Gasteiger partial charge on any atom is -0.486 e. The van der Waals surface area contributed by atoms with Crippen LogP contribution in [-0.2, 0) is 4.79 Å². The zero-order valence-corrected chi connectivity index (χ0v) is 13.2. The first-order valence-corrected chi connectivity index (χ1v) is 8.07. The Morgan fingerprint density at radius 1 is 1.32 bits per heavy atom. The Morgan fingerprint density at radius 3 is 2.86 bits per heavy atom. The molecule has 1 aromatic rings. The molecule has 0 aromatic heterocycles. The van der Waals surface area contributed by atoms with Crippen molar-refractivity contribution in [2.75, 3.05) is 19.8 Å². The Kier molecular flexibility index (Phi) is 4.52. The summed E-state index contributed by atoms with van der Waals surface area (Å²) in [5, 5.41) is 6.51. The summed E-state index contributed by atoms with van der Waals surface area (Å²) in [7, 11) is 0. The first-order chi connectivity index (χ1) is 10.6. The highest BCUT2D eigenvalue weighted by Crippen LogP contribution is 2.32. The molecule has 0 spiro atoms. The summed E-state index contributed by atoms with van der Waals surface area (Å²) in [4.78, 5) is 12.4. The maximum atomic E-state index is 12.4. The summed E-state index contributed by atoms with van der Waals surface area (Å²) < 4.78 is 11.1. The molecule has 2 heterocycles. The second-order valence-corrected chi connectivity index (χ2v) is 6.21. The number of hydrogen-bond acceptors (Lipinski definition) is 4. The molecule has 120 valence electrons. The lowest BCUT2D eigenvalue weighted by Gasteiger charge is -2.28. The van der Waals surface area contributed by atoms with Crippen LogP contribution in [-0.4, -0.2) is 31.7 Å². The molecule has 5 heteroatoms. The Hall–Kier alpha value is -1.75. The summed E-state index contributed by atoms with van der Waals surface area (Å²) in [5.41, 5.74) is 1.04. The Morgan fingerprint density at radius 2 is 2.09 bits per heavy atom. The van der Waals surface area contributed by atoms with Crippen LogP contribution in [0.15, 0.2) is 18.2 Å². The maximum Gasteiger partial charge on any atom is 0.223 e. The van der Waals surface area contributed by atoms with E-state index < -0.39 is 0 Å². The first-order valence-electron chi connectivity index (χ1n) is 8.07. The van der Waals surface area contributed by atoms with Crippen molar-refractivity contribution in [2.24, 2.45) is 5.92 Å². The molecular weight excluding hydrogens is 280 g/mol. The fraction of sp³-hybridized carbons (Fsp3) is 0.588. The fourth-order valence-electron chi connectivity index (χ4n) is 3.11. The molecule has 5 nitrogen and oxygen atoms in total. The number of nitrogens with one attached hydrogen (secondary N) is 2. The van der Waals surface area contributed by atoms with Crippen molar-refractivity contribution >= 4 is 5.91 Å². The van der Waals surface area contributed by atoms with E-state index in [9.17, 15) is 4.79 Å². The highest BCUT2D eigenvalue weighted by Gasteiger charge is 2.26. The van der Waals surface area contributed by atoms with Gasteiger partial charge in [-0.15, -0.1) is 0 Å². The van der Waals surface area contributed by atoms with Gasteiger partial charge in [0.15, 0.2) is 11.5 Å². The Bertz CT molecular complexity index is 547. The fourth-order valence-corrected chi connectivity index (χ4v) is 3.11. The van der Waals surface area contributed by atoms with Gasteiger partial charge in [0.05, 0.1) is 6.04 Å². The van der Waals surface area contributed by atoms with Gasteiger partial charge < -0.3 is 20.1 Å². The summed E-state index contributed by atoms with van der Waals surface area (Å²) in [5.74, 6) is 1.80. The van der Waals surface area contributed by atoms with E-state index in [0.717, 1.165) is 36.4 Å². The number of rotatable bonds is 3. The Balaban J connectivity index is 1.63. The van der Waals surface area contributed by atoms with Crippen molar-refractivity contribution < 1.29 is 14.3 Å². The largest absolute Gasteiger partial charge is 0.486 e. The van der Waals surface area contributed by atoms with Crippen LogP contribution in [0.1, 0.15) is 38.3 Å². The van der Waals surface area contributed by atoms with E-state index in [0.29, 0.717) is 19.3 Å². The average molecular weight is 304 g/mol. The van der Waals surface area contributed by atoms with Crippen LogP contribution in [0.4, 0.5) is 0 Å². The number of ether oxygens (including phenoxy) is 2. The van der Waals surface area contributed by atoms with Gasteiger partial charge in [0, 0.05) is 12.0 Å². The summed E-state index contributed by atoms with van der Waals surface area (Å²) in [6.45, 7) is 6.21. The number of carbonyl (C=O) groups excluding carboxylic acids is 1. The molecule has 0 radical (unpaired) electrons. The molecule has 0 aliphatic carbocycles. The van der Waals surface area contributed by atoms with Crippen LogP contribution in [0, 0.1) is 5.92 Å². The molecular formula is C17H24N2O3. The maximum absolute atomic E-state index is 12.4. The minimum atomic E-state index is -0.0338. The molecule has 0 bridgehead atoms. The number of fused-ring (bicyclic) bond motifs is 1. The second kappa shape index (κ2) is 6.57. The molecule has 1 unspecified atom stereocenters. The van der Waals surface area contributed by atoms with E-state index in [1.165, 1.54) is 0 Å². The third-order valence-electron chi connectivity index (χ3n) is 4.42. The van der Waals surface area contributed by atoms with Crippen molar-refractivity contribution in [3.8, 4) is 11.5 Å².